The zero-order valence-corrected chi connectivity index (χ0v) is 15.8. The zero-order valence-electron chi connectivity index (χ0n) is 15.8. The fourth-order valence-corrected chi connectivity index (χ4v) is 3.32. The molecule has 2 heterocycles. The van der Waals surface area contributed by atoms with E-state index >= 15 is 0 Å². The lowest BCUT2D eigenvalue weighted by Gasteiger charge is -2.27. The normalized spacial score (nSPS) is 17.0. The van der Waals surface area contributed by atoms with Gasteiger partial charge in [-0.15, -0.1) is 0 Å². The molecule has 5 heteroatoms. The minimum atomic E-state index is -0.0885. The lowest BCUT2D eigenvalue weighted by Crippen LogP contribution is -2.42. The van der Waals surface area contributed by atoms with E-state index in [2.05, 4.69) is 36.2 Å². The van der Waals surface area contributed by atoms with Crippen molar-refractivity contribution < 1.29 is 9.21 Å². The van der Waals surface area contributed by atoms with Crippen LogP contribution in [0.4, 0.5) is 0 Å². The third-order valence-electron chi connectivity index (χ3n) is 5.12. The van der Waals surface area contributed by atoms with Gasteiger partial charge in [0.05, 0.1) is 0 Å². The maximum absolute atomic E-state index is 12.3. The molecular formula is C20H29N3O2. The number of amides is 1. The van der Waals surface area contributed by atoms with Crippen molar-refractivity contribution in [3.63, 3.8) is 0 Å². The summed E-state index contributed by atoms with van der Waals surface area (Å²) >= 11 is 0. The van der Waals surface area contributed by atoms with E-state index in [1.807, 2.05) is 6.07 Å². The van der Waals surface area contributed by atoms with Crippen LogP contribution < -0.4 is 5.32 Å². The topological polar surface area (TPSA) is 48.7 Å². The summed E-state index contributed by atoms with van der Waals surface area (Å²) in [5.74, 6) is 0.825. The van der Waals surface area contributed by atoms with E-state index in [4.69, 9.17) is 4.42 Å². The molecule has 1 saturated heterocycles. The van der Waals surface area contributed by atoms with Crippen LogP contribution in [-0.4, -0.2) is 56.0 Å². The van der Waals surface area contributed by atoms with E-state index in [9.17, 15) is 4.79 Å². The first kappa shape index (κ1) is 18.0. The highest BCUT2D eigenvalue weighted by Crippen LogP contribution is 2.30. The van der Waals surface area contributed by atoms with Crippen molar-refractivity contribution in [1.29, 1.82) is 0 Å². The molecule has 136 valence electrons. The Morgan fingerprint density at radius 2 is 2.00 bits per heavy atom. The molecule has 0 saturated carbocycles. The SMILES string of the molecule is CCC(C)c1cc(CN2CCNCC2)c2oc(C(=O)N(C)C)cc2c1. The van der Waals surface area contributed by atoms with Gasteiger partial charge in [0.1, 0.15) is 5.58 Å². The Bertz CT molecular complexity index is 745. The summed E-state index contributed by atoms with van der Waals surface area (Å²) in [5, 5.41) is 4.43. The van der Waals surface area contributed by atoms with Gasteiger partial charge < -0.3 is 14.6 Å². The number of hydrogen-bond donors (Lipinski definition) is 1. The molecule has 0 bridgehead atoms. The summed E-state index contributed by atoms with van der Waals surface area (Å²) in [4.78, 5) is 16.3. The Hall–Kier alpha value is -1.85. The third-order valence-corrected chi connectivity index (χ3v) is 5.12. The van der Waals surface area contributed by atoms with Crippen molar-refractivity contribution in [1.82, 2.24) is 15.1 Å². The average molecular weight is 343 g/mol. The predicted molar refractivity (Wildman–Crippen MR) is 101 cm³/mol. The van der Waals surface area contributed by atoms with Crippen LogP contribution in [0.15, 0.2) is 22.6 Å². The van der Waals surface area contributed by atoms with E-state index in [0.717, 1.165) is 50.1 Å². The number of carbonyl (C=O) groups is 1. The van der Waals surface area contributed by atoms with Crippen molar-refractivity contribution in [2.24, 2.45) is 0 Å². The second-order valence-electron chi connectivity index (χ2n) is 7.24. The van der Waals surface area contributed by atoms with Crippen molar-refractivity contribution in [2.45, 2.75) is 32.7 Å². The molecule has 1 aromatic carbocycles. The van der Waals surface area contributed by atoms with Gasteiger partial charge in [-0.05, 0) is 30.0 Å². The Morgan fingerprint density at radius 3 is 2.64 bits per heavy atom. The van der Waals surface area contributed by atoms with Gasteiger partial charge in [-0.1, -0.05) is 19.9 Å². The molecule has 3 rings (SSSR count). The van der Waals surface area contributed by atoms with E-state index in [1.165, 1.54) is 11.1 Å². The Labute approximate surface area is 150 Å². The molecule has 0 radical (unpaired) electrons. The molecule has 0 spiro atoms. The van der Waals surface area contributed by atoms with Gasteiger partial charge in [-0.25, -0.2) is 0 Å². The van der Waals surface area contributed by atoms with Crippen molar-refractivity contribution in [2.75, 3.05) is 40.3 Å². The first-order valence-corrected chi connectivity index (χ1v) is 9.20. The van der Waals surface area contributed by atoms with Gasteiger partial charge >= 0.3 is 0 Å². The lowest BCUT2D eigenvalue weighted by atomic mass is 9.95. The summed E-state index contributed by atoms with van der Waals surface area (Å²) in [7, 11) is 3.50. The second-order valence-corrected chi connectivity index (χ2v) is 7.24. The van der Waals surface area contributed by atoms with E-state index in [-0.39, 0.29) is 5.91 Å². The smallest absolute Gasteiger partial charge is 0.289 e. The van der Waals surface area contributed by atoms with E-state index < -0.39 is 0 Å². The van der Waals surface area contributed by atoms with E-state index in [0.29, 0.717) is 11.7 Å². The average Bonchev–Trinajstić information content (AvgIpc) is 3.05. The molecular weight excluding hydrogens is 314 g/mol. The number of nitrogens with one attached hydrogen (secondary N) is 1. The molecule has 1 fully saturated rings. The van der Waals surface area contributed by atoms with Crippen molar-refractivity contribution in [3.8, 4) is 0 Å². The minimum absolute atomic E-state index is 0.0885. The third kappa shape index (κ3) is 3.88. The van der Waals surface area contributed by atoms with Crippen molar-refractivity contribution >= 4 is 16.9 Å². The first-order chi connectivity index (χ1) is 12.0. The number of benzene rings is 1. The molecule has 5 nitrogen and oxygen atoms in total. The molecule has 0 aliphatic carbocycles. The largest absolute Gasteiger partial charge is 0.451 e. The maximum atomic E-state index is 12.3. The highest BCUT2D eigenvalue weighted by molar-refractivity contribution is 5.96. The van der Waals surface area contributed by atoms with Gasteiger partial charge in [0.15, 0.2) is 5.76 Å². The van der Waals surface area contributed by atoms with E-state index in [1.54, 1.807) is 19.0 Å². The number of hydrogen-bond acceptors (Lipinski definition) is 4. The summed E-state index contributed by atoms with van der Waals surface area (Å²) in [6, 6.07) is 6.34. The van der Waals surface area contributed by atoms with Gasteiger partial charge in [0.2, 0.25) is 0 Å². The quantitative estimate of drug-likeness (QED) is 0.906. The number of piperazine rings is 1. The van der Waals surface area contributed by atoms with Crippen molar-refractivity contribution in [3.05, 3.63) is 35.1 Å². The highest BCUT2D eigenvalue weighted by atomic mass is 16.3. The van der Waals surface area contributed by atoms with Crippen LogP contribution in [0.25, 0.3) is 11.0 Å². The first-order valence-electron chi connectivity index (χ1n) is 9.20. The molecule has 1 aliphatic heterocycles. The number of rotatable bonds is 5. The number of nitrogens with zero attached hydrogens (tertiary/aromatic N) is 2. The van der Waals surface area contributed by atoms with Gasteiger partial charge in [-0.2, -0.15) is 0 Å². The molecule has 1 aromatic heterocycles. The maximum Gasteiger partial charge on any atom is 0.289 e. The Kier molecular flexibility index (Phi) is 5.45. The van der Waals surface area contributed by atoms with Crippen LogP contribution in [-0.2, 0) is 6.54 Å². The fourth-order valence-electron chi connectivity index (χ4n) is 3.32. The predicted octanol–water partition coefficient (Wildman–Crippen LogP) is 3.05. The molecule has 1 unspecified atom stereocenters. The Balaban J connectivity index is 2.02. The van der Waals surface area contributed by atoms with Crippen LogP contribution in [0.1, 0.15) is 47.9 Å². The van der Waals surface area contributed by atoms with Gasteiger partial charge in [0, 0.05) is 57.8 Å². The zero-order chi connectivity index (χ0) is 18.0. The standard InChI is InChI=1S/C20H29N3O2/c1-5-14(2)15-10-16-12-18(20(24)22(3)4)25-19(16)17(11-15)13-23-8-6-21-7-9-23/h10-12,14,21H,5-9,13H2,1-4H3. The Morgan fingerprint density at radius 1 is 1.28 bits per heavy atom. The molecule has 1 atom stereocenters. The summed E-state index contributed by atoms with van der Waals surface area (Å²) in [5.41, 5.74) is 3.37. The number of carbonyl (C=O) groups excluding carboxylic acids is 1. The molecule has 2 aromatic rings. The minimum Gasteiger partial charge on any atom is -0.451 e. The lowest BCUT2D eigenvalue weighted by molar-refractivity contribution is 0.0799. The number of furan rings is 1. The van der Waals surface area contributed by atoms with Crippen LogP contribution in [0.5, 0.6) is 0 Å². The fraction of sp³-hybridized carbons (Fsp3) is 0.550. The summed E-state index contributed by atoms with van der Waals surface area (Å²) < 4.78 is 6.00. The summed E-state index contributed by atoms with van der Waals surface area (Å²) in [6.07, 6.45) is 1.10. The van der Waals surface area contributed by atoms with Gasteiger partial charge in [-0.3, -0.25) is 9.69 Å². The van der Waals surface area contributed by atoms with Crippen LogP contribution in [0, 0.1) is 0 Å². The molecule has 25 heavy (non-hydrogen) atoms. The summed E-state index contributed by atoms with van der Waals surface area (Å²) in [6.45, 7) is 9.46. The highest BCUT2D eigenvalue weighted by Gasteiger charge is 2.20. The second kappa shape index (κ2) is 7.58. The monoisotopic (exact) mass is 343 g/mol. The molecule has 1 aliphatic rings. The molecule has 1 amide bonds. The van der Waals surface area contributed by atoms with Gasteiger partial charge in [0.25, 0.3) is 5.91 Å². The number of fused-ring (bicyclic) bond motifs is 1. The van der Waals surface area contributed by atoms with Crippen LogP contribution >= 0.6 is 0 Å². The molecule has 1 N–H and O–H groups in total. The van der Waals surface area contributed by atoms with Crippen LogP contribution in [0.2, 0.25) is 0 Å². The van der Waals surface area contributed by atoms with Crippen LogP contribution in [0.3, 0.4) is 0 Å².